The minimum atomic E-state index is -1.26. The summed E-state index contributed by atoms with van der Waals surface area (Å²) in [6, 6.07) is 0. The monoisotopic (exact) mass is 238 g/mol. The van der Waals surface area contributed by atoms with Gasteiger partial charge in [-0.05, 0) is 18.6 Å². The van der Waals surface area contributed by atoms with Crippen LogP contribution in [0.2, 0.25) is 0 Å². The molecule has 0 aliphatic carbocycles. The van der Waals surface area contributed by atoms with E-state index in [1.165, 1.54) is 0 Å². The first-order valence-corrected chi connectivity index (χ1v) is 5.66. The molecule has 5 atom stereocenters. The Balaban J connectivity index is 2.57. The second-order valence-electron chi connectivity index (χ2n) is 3.73. The molecule has 2 unspecified atom stereocenters. The van der Waals surface area contributed by atoms with E-state index in [0.29, 0.717) is 12.2 Å². The van der Waals surface area contributed by atoms with E-state index >= 15 is 0 Å². The highest BCUT2D eigenvalue weighted by Crippen LogP contribution is 2.23. The first kappa shape index (κ1) is 13.2. The third kappa shape index (κ3) is 3.05. The standard InChI is InChI=1S/C9H18O5S/c10-4-6-8(12)9(13)7(11)5(14-6)2-1-3-15/h5-13,15H,1-4H2/t5-,6?,7?,8-,9-/m1/s1. The Morgan fingerprint density at radius 3 is 2.13 bits per heavy atom. The van der Waals surface area contributed by atoms with Crippen LogP contribution in [0.3, 0.4) is 0 Å². The number of ether oxygens (including phenoxy) is 1. The van der Waals surface area contributed by atoms with E-state index in [1.807, 2.05) is 0 Å². The lowest BCUT2D eigenvalue weighted by molar-refractivity contribution is -0.230. The molecule has 1 aliphatic heterocycles. The molecule has 1 heterocycles. The summed E-state index contributed by atoms with van der Waals surface area (Å²) in [5.41, 5.74) is 0. The summed E-state index contributed by atoms with van der Waals surface area (Å²) in [6.45, 7) is -0.373. The van der Waals surface area contributed by atoms with E-state index in [-0.39, 0.29) is 6.61 Å². The molecule has 6 heteroatoms. The quantitative estimate of drug-likeness (QED) is 0.386. The number of rotatable bonds is 4. The molecule has 5 nitrogen and oxygen atoms in total. The van der Waals surface area contributed by atoms with Crippen LogP contribution in [0.15, 0.2) is 0 Å². The Bertz CT molecular complexity index is 189. The van der Waals surface area contributed by atoms with Crippen LogP contribution in [-0.2, 0) is 4.74 Å². The van der Waals surface area contributed by atoms with Crippen LogP contribution in [-0.4, -0.2) is 63.3 Å². The van der Waals surface area contributed by atoms with Gasteiger partial charge in [0.2, 0.25) is 0 Å². The van der Waals surface area contributed by atoms with E-state index in [0.717, 1.165) is 6.42 Å². The fraction of sp³-hybridized carbons (Fsp3) is 1.00. The van der Waals surface area contributed by atoms with Gasteiger partial charge in [-0.3, -0.25) is 0 Å². The fourth-order valence-electron chi connectivity index (χ4n) is 1.71. The molecule has 1 rings (SSSR count). The molecule has 0 aromatic carbocycles. The molecule has 0 spiro atoms. The Hall–Kier alpha value is 0.150. The first-order valence-electron chi connectivity index (χ1n) is 5.03. The lowest BCUT2D eigenvalue weighted by Gasteiger charge is -2.40. The molecule has 90 valence electrons. The van der Waals surface area contributed by atoms with Crippen molar-refractivity contribution in [1.82, 2.24) is 0 Å². The van der Waals surface area contributed by atoms with Gasteiger partial charge in [-0.15, -0.1) is 0 Å². The van der Waals surface area contributed by atoms with Crippen molar-refractivity contribution < 1.29 is 25.2 Å². The molecular formula is C9H18O5S. The van der Waals surface area contributed by atoms with Gasteiger partial charge >= 0.3 is 0 Å². The molecule has 0 bridgehead atoms. The third-order valence-electron chi connectivity index (χ3n) is 2.64. The van der Waals surface area contributed by atoms with Gasteiger partial charge < -0.3 is 25.2 Å². The molecule has 0 amide bonds. The van der Waals surface area contributed by atoms with Crippen LogP contribution < -0.4 is 0 Å². The van der Waals surface area contributed by atoms with E-state index < -0.39 is 30.5 Å². The van der Waals surface area contributed by atoms with Crippen molar-refractivity contribution in [3.63, 3.8) is 0 Å². The molecule has 0 saturated carbocycles. The van der Waals surface area contributed by atoms with Crippen LogP contribution in [0.1, 0.15) is 12.8 Å². The number of aliphatic hydroxyl groups is 4. The van der Waals surface area contributed by atoms with Crippen molar-refractivity contribution in [3.8, 4) is 0 Å². The Morgan fingerprint density at radius 1 is 1.00 bits per heavy atom. The van der Waals surface area contributed by atoms with Gasteiger partial charge in [0.25, 0.3) is 0 Å². The van der Waals surface area contributed by atoms with Gasteiger partial charge in [0, 0.05) is 0 Å². The van der Waals surface area contributed by atoms with Gasteiger partial charge in [-0.25, -0.2) is 0 Å². The highest BCUT2D eigenvalue weighted by atomic mass is 32.1. The second-order valence-corrected chi connectivity index (χ2v) is 4.18. The number of hydrogen-bond donors (Lipinski definition) is 5. The van der Waals surface area contributed by atoms with Gasteiger partial charge in [-0.2, -0.15) is 12.6 Å². The minimum Gasteiger partial charge on any atom is -0.394 e. The molecule has 1 fully saturated rings. The Labute approximate surface area is 94.1 Å². The first-order chi connectivity index (χ1) is 7.11. The molecule has 15 heavy (non-hydrogen) atoms. The average Bonchev–Trinajstić information content (AvgIpc) is 2.25. The van der Waals surface area contributed by atoms with Crippen molar-refractivity contribution in [3.05, 3.63) is 0 Å². The normalized spacial score (nSPS) is 41.8. The summed E-state index contributed by atoms with van der Waals surface area (Å²) in [5, 5.41) is 37.5. The van der Waals surface area contributed by atoms with Crippen LogP contribution in [0.5, 0.6) is 0 Å². The third-order valence-corrected chi connectivity index (χ3v) is 2.95. The van der Waals surface area contributed by atoms with Crippen molar-refractivity contribution in [2.24, 2.45) is 0 Å². The van der Waals surface area contributed by atoms with Gasteiger partial charge in [0.15, 0.2) is 0 Å². The van der Waals surface area contributed by atoms with Gasteiger partial charge in [0.05, 0.1) is 12.7 Å². The summed E-state index contributed by atoms with van der Waals surface area (Å²) in [5.74, 6) is 0.662. The molecule has 0 aromatic rings. The molecular weight excluding hydrogens is 220 g/mol. The van der Waals surface area contributed by atoms with Crippen LogP contribution in [0.25, 0.3) is 0 Å². The number of thiol groups is 1. The maximum absolute atomic E-state index is 9.61. The molecule has 4 N–H and O–H groups in total. The zero-order valence-electron chi connectivity index (χ0n) is 8.36. The topological polar surface area (TPSA) is 90.2 Å². The highest BCUT2D eigenvalue weighted by Gasteiger charge is 2.42. The van der Waals surface area contributed by atoms with Crippen LogP contribution in [0.4, 0.5) is 0 Å². The lowest BCUT2D eigenvalue weighted by atomic mass is 9.93. The molecule has 0 radical (unpaired) electrons. The lowest BCUT2D eigenvalue weighted by Crippen LogP contribution is -2.58. The molecule has 1 aliphatic rings. The fourth-order valence-corrected chi connectivity index (χ4v) is 1.89. The van der Waals surface area contributed by atoms with Crippen molar-refractivity contribution >= 4 is 12.6 Å². The molecule has 1 saturated heterocycles. The minimum absolute atomic E-state index is 0.373. The number of hydrogen-bond acceptors (Lipinski definition) is 6. The largest absolute Gasteiger partial charge is 0.394 e. The predicted octanol–water partition coefficient (Wildman–Crippen LogP) is -1.46. The summed E-state index contributed by atoms with van der Waals surface area (Å²) >= 11 is 4.04. The van der Waals surface area contributed by atoms with Crippen LogP contribution in [0, 0.1) is 0 Å². The molecule has 0 aromatic heterocycles. The summed E-state index contributed by atoms with van der Waals surface area (Å²) in [4.78, 5) is 0. The summed E-state index contributed by atoms with van der Waals surface area (Å²) in [6.07, 6.45) is -3.70. The Morgan fingerprint density at radius 2 is 1.60 bits per heavy atom. The predicted molar refractivity (Wildman–Crippen MR) is 56.9 cm³/mol. The SMILES string of the molecule is OCC1O[C@H](CCCS)C(O)[C@@H](O)[C@@H]1O. The zero-order chi connectivity index (χ0) is 11.4. The van der Waals surface area contributed by atoms with E-state index in [2.05, 4.69) is 12.6 Å². The van der Waals surface area contributed by atoms with E-state index in [9.17, 15) is 15.3 Å². The maximum atomic E-state index is 9.61. The van der Waals surface area contributed by atoms with Gasteiger partial charge in [0.1, 0.15) is 24.4 Å². The summed E-state index contributed by atoms with van der Waals surface area (Å²) in [7, 11) is 0. The highest BCUT2D eigenvalue weighted by molar-refractivity contribution is 7.80. The zero-order valence-corrected chi connectivity index (χ0v) is 9.25. The maximum Gasteiger partial charge on any atom is 0.111 e. The van der Waals surface area contributed by atoms with Gasteiger partial charge in [-0.1, -0.05) is 0 Å². The smallest absolute Gasteiger partial charge is 0.111 e. The van der Waals surface area contributed by atoms with E-state index in [1.54, 1.807) is 0 Å². The summed E-state index contributed by atoms with van der Waals surface area (Å²) < 4.78 is 5.29. The average molecular weight is 238 g/mol. The number of aliphatic hydroxyl groups excluding tert-OH is 4. The Kier molecular flexibility index (Phi) is 5.31. The van der Waals surface area contributed by atoms with E-state index in [4.69, 9.17) is 9.84 Å². The van der Waals surface area contributed by atoms with Crippen LogP contribution >= 0.6 is 12.6 Å². The van der Waals surface area contributed by atoms with Crippen molar-refractivity contribution in [2.45, 2.75) is 43.4 Å². The van der Waals surface area contributed by atoms with Crippen molar-refractivity contribution in [1.29, 1.82) is 0 Å². The second kappa shape index (κ2) is 6.03. The van der Waals surface area contributed by atoms with Crippen molar-refractivity contribution in [2.75, 3.05) is 12.4 Å².